The van der Waals surface area contributed by atoms with Crippen LogP contribution in [0.2, 0.25) is 16.0 Å². The van der Waals surface area contributed by atoms with Crippen LogP contribution in [0.15, 0.2) is 35.2 Å². The van der Waals surface area contributed by atoms with Crippen molar-refractivity contribution in [2.24, 2.45) is 11.8 Å². The summed E-state index contributed by atoms with van der Waals surface area (Å²) in [6.07, 6.45) is -0.894. The molecule has 10 radical (unpaired) electrons. The van der Waals surface area contributed by atoms with Crippen LogP contribution in [0.4, 0.5) is 18.9 Å². The Bertz CT molecular complexity index is 1370. The summed E-state index contributed by atoms with van der Waals surface area (Å²) < 4.78 is 66.4. The van der Waals surface area contributed by atoms with Gasteiger partial charge in [0.25, 0.3) is 5.91 Å². The largest absolute Gasteiger partial charge is 0.393 e. The molecule has 2 aromatic carbocycles. The van der Waals surface area contributed by atoms with E-state index in [9.17, 15) is 36.6 Å². The molecule has 1 unspecified atom stereocenters. The van der Waals surface area contributed by atoms with Crippen molar-refractivity contribution in [1.29, 1.82) is 0 Å². The van der Waals surface area contributed by atoms with E-state index in [1.807, 2.05) is 0 Å². The number of nitrogens with one attached hydrogen (secondary N) is 1. The van der Waals surface area contributed by atoms with Crippen LogP contribution in [0.5, 0.6) is 0 Å². The maximum Gasteiger partial charge on any atom is 0.255 e. The lowest BCUT2D eigenvalue weighted by atomic mass is 9.37. The zero-order valence-corrected chi connectivity index (χ0v) is 22.2. The smallest absolute Gasteiger partial charge is 0.255 e. The highest BCUT2D eigenvalue weighted by molar-refractivity contribution is 7.94. The predicted octanol–water partition coefficient (Wildman–Crippen LogP) is 1.95. The summed E-state index contributed by atoms with van der Waals surface area (Å²) in [7, 11) is 25.8. The molecule has 196 valence electrons. The highest BCUT2D eigenvalue weighted by atomic mass is 35.5. The van der Waals surface area contributed by atoms with Crippen LogP contribution in [-0.4, -0.2) is 80.6 Å². The number of hydrogen-bond donors (Lipinski definition) is 3. The number of sulfone groups is 1. The number of rotatable bonds is 7. The van der Waals surface area contributed by atoms with E-state index in [-0.39, 0.29) is 10.6 Å². The molecule has 1 saturated carbocycles. The molecule has 0 aromatic heterocycles. The molecule has 0 spiro atoms. The fraction of sp³-hybridized carbons (Fsp3) is 0.435. The second kappa shape index (κ2) is 10.9. The maximum atomic E-state index is 14.2. The Morgan fingerprint density at radius 1 is 1.18 bits per heavy atom. The summed E-state index contributed by atoms with van der Waals surface area (Å²) in [4.78, 5) is 12.2. The van der Waals surface area contributed by atoms with Gasteiger partial charge in [-0.1, -0.05) is 23.7 Å². The van der Waals surface area contributed by atoms with Gasteiger partial charge in [-0.25, -0.2) is 21.6 Å². The van der Waals surface area contributed by atoms with Crippen LogP contribution >= 0.6 is 11.6 Å². The van der Waals surface area contributed by atoms with Crippen LogP contribution in [-0.2, 0) is 9.84 Å². The number of aliphatic hydroxyl groups is 2. The molecule has 6 nitrogen and oxygen atoms in total. The number of halogens is 4. The SMILES string of the molecule is [B]C([B])[C@H]1C[C@](O)(CO)CC(C([B])([B])C)[C@]1([B])S(=O)(=O)c1cc(C(=O)Nc2cc(F)c(F)c(F)c2)ccc1Cl. The molecule has 0 bridgehead atoms. The van der Waals surface area contributed by atoms with Gasteiger partial charge in [0.1, 0.15) is 0 Å². The van der Waals surface area contributed by atoms with Crippen molar-refractivity contribution in [3.05, 3.63) is 58.4 Å². The molecule has 4 atom stereocenters. The summed E-state index contributed by atoms with van der Waals surface area (Å²) >= 11 is 6.24. The molecule has 1 aliphatic rings. The number of carbonyl (C=O) groups is 1. The molecule has 0 saturated heterocycles. The monoisotopic (exact) mass is 569 g/mol. The summed E-state index contributed by atoms with van der Waals surface area (Å²) in [5, 5.41) is 20.6. The molecule has 1 aliphatic carbocycles. The third-order valence-electron chi connectivity index (χ3n) is 7.01. The normalized spacial score (nSPS) is 25.9. The van der Waals surface area contributed by atoms with Crippen LogP contribution in [0, 0.1) is 29.3 Å². The average molecular weight is 569 g/mol. The van der Waals surface area contributed by atoms with Crippen molar-refractivity contribution < 1.29 is 36.6 Å². The van der Waals surface area contributed by atoms with Crippen molar-refractivity contribution in [2.45, 2.75) is 45.8 Å². The minimum absolute atomic E-state index is 0.331. The minimum Gasteiger partial charge on any atom is -0.393 e. The Labute approximate surface area is 236 Å². The van der Waals surface area contributed by atoms with Crippen LogP contribution in [0.3, 0.4) is 0 Å². The van der Waals surface area contributed by atoms with Gasteiger partial charge < -0.3 is 15.5 Å². The molecule has 1 amide bonds. The zero-order valence-electron chi connectivity index (χ0n) is 20.7. The predicted molar refractivity (Wildman–Crippen MR) is 145 cm³/mol. The van der Waals surface area contributed by atoms with Crippen molar-refractivity contribution in [3.63, 3.8) is 0 Å². The van der Waals surface area contributed by atoms with E-state index in [1.54, 1.807) is 0 Å². The summed E-state index contributed by atoms with van der Waals surface area (Å²) in [5.74, 6) is -8.74. The Morgan fingerprint density at radius 2 is 1.74 bits per heavy atom. The van der Waals surface area contributed by atoms with Crippen molar-refractivity contribution in [2.75, 3.05) is 11.9 Å². The molecule has 2 aromatic rings. The number of anilines is 1. The van der Waals surface area contributed by atoms with Crippen LogP contribution < -0.4 is 5.32 Å². The van der Waals surface area contributed by atoms with Gasteiger partial charge in [0.2, 0.25) is 0 Å². The van der Waals surface area contributed by atoms with Gasteiger partial charge in [-0.2, -0.15) is 0 Å². The third-order valence-corrected chi connectivity index (χ3v) is 9.88. The highest BCUT2D eigenvalue weighted by Gasteiger charge is 2.61. The maximum absolute atomic E-state index is 14.2. The van der Waals surface area contributed by atoms with Crippen LogP contribution in [0.1, 0.15) is 30.1 Å². The fourth-order valence-corrected chi connectivity index (χ4v) is 7.74. The Balaban J connectivity index is 2.14. The van der Waals surface area contributed by atoms with E-state index in [4.69, 9.17) is 50.8 Å². The standard InChI is InChI=1S/C23H20B5ClF3NO5S/c1-21(26,27)17-8-22(36,9-34)7-12(19(24)25)23(17,28)39(37,38)16-4-10(2-3-13(16)29)20(35)33-11-5-14(30)18(32)15(31)6-11/h2-6,12,17,19,34,36H,7-9H2,1H3,(H,33,35)/t12-,17?,22-,23-/m1/s1. The molecule has 1 fully saturated rings. The summed E-state index contributed by atoms with van der Waals surface area (Å²) in [6.45, 7) is 0.476. The Morgan fingerprint density at radius 3 is 2.23 bits per heavy atom. The molecule has 3 N–H and O–H groups in total. The first-order valence-corrected chi connectivity index (χ1v) is 13.4. The highest BCUT2D eigenvalue weighted by Crippen LogP contribution is 2.57. The van der Waals surface area contributed by atoms with Gasteiger partial charge in [-0.15, -0.1) is 5.72 Å². The van der Waals surface area contributed by atoms with Crippen molar-refractivity contribution >= 4 is 72.3 Å². The van der Waals surface area contributed by atoms with E-state index in [2.05, 4.69) is 5.32 Å². The lowest BCUT2D eigenvalue weighted by molar-refractivity contribution is -0.0778. The second-order valence-corrected chi connectivity index (χ2v) is 12.7. The van der Waals surface area contributed by atoms with E-state index >= 15 is 0 Å². The van der Waals surface area contributed by atoms with Gasteiger partial charge in [0.15, 0.2) is 27.3 Å². The Kier molecular flexibility index (Phi) is 8.84. The minimum atomic E-state index is -4.84. The summed E-state index contributed by atoms with van der Waals surface area (Å²) in [5.41, 5.74) is -4.09. The lowest BCUT2D eigenvalue weighted by Gasteiger charge is -2.58. The molecular formula is C23H20B5ClF3NO5S. The van der Waals surface area contributed by atoms with Gasteiger partial charge in [0, 0.05) is 28.0 Å². The van der Waals surface area contributed by atoms with Crippen LogP contribution in [0.25, 0.3) is 0 Å². The van der Waals surface area contributed by atoms with Gasteiger partial charge in [-0.3, -0.25) is 4.79 Å². The number of carbonyl (C=O) groups excluding carboxylic acids is 1. The Hall–Kier alpha value is -1.82. The quantitative estimate of drug-likeness (QED) is 0.350. The summed E-state index contributed by atoms with van der Waals surface area (Å²) in [6, 6.07) is 4.13. The number of benzene rings is 2. The van der Waals surface area contributed by atoms with Gasteiger partial charge in [0.05, 0.1) is 61.4 Å². The van der Waals surface area contributed by atoms with Gasteiger partial charge in [-0.05, 0) is 42.9 Å². The number of hydrogen-bond acceptors (Lipinski definition) is 5. The van der Waals surface area contributed by atoms with E-state index in [0.717, 1.165) is 18.2 Å². The molecule has 16 heteroatoms. The first kappa shape index (κ1) is 31.7. The van der Waals surface area contributed by atoms with Crippen molar-refractivity contribution in [3.8, 4) is 0 Å². The number of aliphatic hydroxyl groups excluding tert-OH is 1. The first-order chi connectivity index (χ1) is 17.8. The lowest BCUT2D eigenvalue weighted by Crippen LogP contribution is -2.64. The molecular weight excluding hydrogens is 549 g/mol. The second-order valence-electron chi connectivity index (χ2n) is 10.1. The van der Waals surface area contributed by atoms with E-state index in [0.29, 0.717) is 12.1 Å². The van der Waals surface area contributed by atoms with E-state index in [1.165, 1.54) is 6.92 Å². The first-order valence-electron chi connectivity index (χ1n) is 11.5. The number of amides is 1. The van der Waals surface area contributed by atoms with E-state index < -0.39 is 96.2 Å². The molecule has 39 heavy (non-hydrogen) atoms. The van der Waals surface area contributed by atoms with Gasteiger partial charge >= 0.3 is 0 Å². The molecule has 0 aliphatic heterocycles. The topological polar surface area (TPSA) is 104 Å². The molecule has 3 rings (SSSR count). The fourth-order valence-electron chi connectivity index (χ4n) is 4.98. The average Bonchev–Trinajstić information content (AvgIpc) is 2.83. The zero-order chi connectivity index (χ0) is 29.7. The third kappa shape index (κ3) is 5.83. The van der Waals surface area contributed by atoms with Crippen molar-refractivity contribution in [1.82, 2.24) is 0 Å². The molecule has 0 heterocycles.